The molecule has 2 heterocycles. The number of ether oxygens (including phenoxy) is 3. The fraction of sp³-hybridized carbons (Fsp3) is 0.667. The zero-order valence-corrected chi connectivity index (χ0v) is 21.8. The SMILES string of the molecule is CCCCCCCCCCOCCOCCOC(=O)NNC(=O)c1noc(C)c1-c1csc(C)n1. The van der Waals surface area contributed by atoms with Crippen LogP contribution in [0.25, 0.3) is 11.3 Å². The third-order valence-electron chi connectivity index (χ3n) is 5.21. The van der Waals surface area contributed by atoms with Crippen molar-refractivity contribution in [3.8, 4) is 11.3 Å². The van der Waals surface area contributed by atoms with E-state index >= 15 is 0 Å². The van der Waals surface area contributed by atoms with Gasteiger partial charge in [-0.1, -0.05) is 57.0 Å². The van der Waals surface area contributed by atoms with E-state index in [0.717, 1.165) is 18.0 Å². The summed E-state index contributed by atoms with van der Waals surface area (Å²) in [6.45, 7) is 7.76. The normalized spacial score (nSPS) is 10.9. The molecular weight excluding hydrogens is 472 g/mol. The number of carbonyl (C=O) groups excluding carboxylic acids is 2. The number of thiazole rings is 1. The molecular formula is C24H38N4O6S. The second-order valence-corrected chi connectivity index (χ2v) is 9.19. The van der Waals surface area contributed by atoms with Crippen molar-refractivity contribution in [1.82, 2.24) is 21.0 Å². The number of aryl methyl sites for hydroxylation is 2. The van der Waals surface area contributed by atoms with E-state index in [1.807, 2.05) is 12.3 Å². The fourth-order valence-electron chi connectivity index (χ4n) is 3.36. The lowest BCUT2D eigenvalue weighted by Gasteiger charge is -2.09. The molecule has 2 amide bonds. The first-order chi connectivity index (χ1) is 17.0. The minimum absolute atomic E-state index is 0.0309. The predicted molar refractivity (Wildman–Crippen MR) is 133 cm³/mol. The first-order valence-electron chi connectivity index (χ1n) is 12.3. The van der Waals surface area contributed by atoms with Gasteiger partial charge in [-0.05, 0) is 20.3 Å². The summed E-state index contributed by atoms with van der Waals surface area (Å²) >= 11 is 1.45. The van der Waals surface area contributed by atoms with Gasteiger partial charge in [0, 0.05) is 12.0 Å². The van der Waals surface area contributed by atoms with Gasteiger partial charge in [-0.25, -0.2) is 15.2 Å². The molecule has 0 aliphatic rings. The maximum atomic E-state index is 12.4. The van der Waals surface area contributed by atoms with E-state index in [9.17, 15) is 9.59 Å². The maximum Gasteiger partial charge on any atom is 0.426 e. The van der Waals surface area contributed by atoms with Crippen LogP contribution in [-0.4, -0.2) is 55.2 Å². The molecule has 0 bridgehead atoms. The number of hydrogen-bond acceptors (Lipinski definition) is 9. The summed E-state index contributed by atoms with van der Waals surface area (Å²) in [5, 5.41) is 6.45. The predicted octanol–water partition coefficient (Wildman–Crippen LogP) is 4.96. The highest BCUT2D eigenvalue weighted by molar-refractivity contribution is 7.09. The summed E-state index contributed by atoms with van der Waals surface area (Å²) < 4.78 is 21.0. The number of hydrazine groups is 1. The lowest BCUT2D eigenvalue weighted by molar-refractivity contribution is 0.0266. The Bertz CT molecular complexity index is 885. The summed E-state index contributed by atoms with van der Waals surface area (Å²) in [5.41, 5.74) is 5.56. The number of nitrogens with one attached hydrogen (secondary N) is 2. The average Bonchev–Trinajstić information content (AvgIpc) is 3.44. The van der Waals surface area contributed by atoms with E-state index in [4.69, 9.17) is 18.7 Å². The van der Waals surface area contributed by atoms with Crippen LogP contribution in [0.15, 0.2) is 9.90 Å². The summed E-state index contributed by atoms with van der Waals surface area (Å²) in [6.07, 6.45) is 9.37. The molecule has 196 valence electrons. The van der Waals surface area contributed by atoms with Crippen molar-refractivity contribution in [1.29, 1.82) is 0 Å². The molecule has 0 aliphatic heterocycles. The van der Waals surface area contributed by atoms with Crippen molar-refractivity contribution in [3.63, 3.8) is 0 Å². The van der Waals surface area contributed by atoms with Crippen LogP contribution >= 0.6 is 11.3 Å². The van der Waals surface area contributed by atoms with Gasteiger partial charge in [-0.3, -0.25) is 10.2 Å². The third-order valence-corrected chi connectivity index (χ3v) is 5.98. The molecule has 2 aromatic rings. The van der Waals surface area contributed by atoms with Crippen LogP contribution in [0.4, 0.5) is 4.79 Å². The second kappa shape index (κ2) is 17.0. The highest BCUT2D eigenvalue weighted by Crippen LogP contribution is 2.28. The first-order valence-corrected chi connectivity index (χ1v) is 13.2. The van der Waals surface area contributed by atoms with Gasteiger partial charge in [-0.15, -0.1) is 11.3 Å². The topological polar surface area (TPSA) is 125 Å². The molecule has 2 N–H and O–H groups in total. The van der Waals surface area contributed by atoms with Gasteiger partial charge < -0.3 is 18.7 Å². The van der Waals surface area contributed by atoms with Crippen LogP contribution in [0.5, 0.6) is 0 Å². The van der Waals surface area contributed by atoms with E-state index < -0.39 is 12.0 Å². The highest BCUT2D eigenvalue weighted by atomic mass is 32.1. The third kappa shape index (κ3) is 11.2. The lowest BCUT2D eigenvalue weighted by Crippen LogP contribution is -2.42. The van der Waals surface area contributed by atoms with Crippen molar-refractivity contribution >= 4 is 23.3 Å². The largest absolute Gasteiger partial charge is 0.446 e. The molecule has 0 aliphatic carbocycles. The second-order valence-electron chi connectivity index (χ2n) is 8.13. The zero-order chi connectivity index (χ0) is 25.3. The molecule has 0 atom stereocenters. The number of aromatic nitrogens is 2. The molecule has 0 aromatic carbocycles. The van der Waals surface area contributed by atoms with E-state index in [2.05, 4.69) is 27.9 Å². The number of unbranched alkanes of at least 4 members (excludes halogenated alkanes) is 7. The number of amides is 2. The molecule has 2 rings (SSSR count). The number of rotatable bonds is 17. The van der Waals surface area contributed by atoms with Crippen LogP contribution in [0, 0.1) is 13.8 Å². The Balaban J connectivity index is 1.47. The van der Waals surface area contributed by atoms with Crippen molar-refractivity contribution < 1.29 is 28.3 Å². The Morgan fingerprint density at radius 2 is 1.57 bits per heavy atom. The van der Waals surface area contributed by atoms with Gasteiger partial charge in [-0.2, -0.15) is 0 Å². The first kappa shape index (κ1) is 28.7. The number of carbonyl (C=O) groups is 2. The molecule has 0 fully saturated rings. The van der Waals surface area contributed by atoms with E-state index in [0.29, 0.717) is 30.2 Å². The lowest BCUT2D eigenvalue weighted by atomic mass is 10.1. The van der Waals surface area contributed by atoms with Gasteiger partial charge in [0.05, 0.1) is 36.1 Å². The minimum Gasteiger partial charge on any atom is -0.446 e. The molecule has 2 aromatic heterocycles. The summed E-state index contributed by atoms with van der Waals surface area (Å²) in [5.74, 6) is -0.175. The molecule has 10 nitrogen and oxygen atoms in total. The Labute approximate surface area is 211 Å². The van der Waals surface area contributed by atoms with E-state index in [-0.39, 0.29) is 18.9 Å². The summed E-state index contributed by atoms with van der Waals surface area (Å²) in [6, 6.07) is 0. The fourth-order valence-corrected chi connectivity index (χ4v) is 3.97. The van der Waals surface area contributed by atoms with Gasteiger partial charge in [0.1, 0.15) is 12.4 Å². The number of hydrogen-bond donors (Lipinski definition) is 2. The van der Waals surface area contributed by atoms with Crippen molar-refractivity contribution in [2.45, 2.75) is 72.1 Å². The van der Waals surface area contributed by atoms with Crippen molar-refractivity contribution in [3.05, 3.63) is 21.8 Å². The van der Waals surface area contributed by atoms with E-state index in [1.54, 1.807) is 6.92 Å². The average molecular weight is 511 g/mol. The Morgan fingerprint density at radius 1 is 0.914 bits per heavy atom. The molecule has 35 heavy (non-hydrogen) atoms. The van der Waals surface area contributed by atoms with Gasteiger partial charge in [0.2, 0.25) is 0 Å². The molecule has 11 heteroatoms. The summed E-state index contributed by atoms with van der Waals surface area (Å²) in [7, 11) is 0. The maximum absolute atomic E-state index is 12.4. The van der Waals surface area contributed by atoms with Crippen LogP contribution in [0.3, 0.4) is 0 Å². The Morgan fingerprint density at radius 3 is 2.26 bits per heavy atom. The molecule has 0 unspecified atom stereocenters. The van der Waals surface area contributed by atoms with Gasteiger partial charge >= 0.3 is 6.09 Å². The van der Waals surface area contributed by atoms with Crippen LogP contribution in [0.2, 0.25) is 0 Å². The highest BCUT2D eigenvalue weighted by Gasteiger charge is 2.23. The Kier molecular flexibility index (Phi) is 14.0. The van der Waals surface area contributed by atoms with Crippen LogP contribution in [-0.2, 0) is 14.2 Å². The molecule has 0 radical (unpaired) electrons. The van der Waals surface area contributed by atoms with Gasteiger partial charge in [0.25, 0.3) is 5.91 Å². The zero-order valence-electron chi connectivity index (χ0n) is 21.0. The minimum atomic E-state index is -0.806. The molecule has 0 saturated carbocycles. The van der Waals surface area contributed by atoms with Crippen LogP contribution in [0.1, 0.15) is 79.5 Å². The Hall–Kier alpha value is -2.50. The smallest absolute Gasteiger partial charge is 0.426 e. The van der Waals surface area contributed by atoms with Crippen molar-refractivity contribution in [2.75, 3.05) is 33.0 Å². The van der Waals surface area contributed by atoms with E-state index in [1.165, 1.54) is 56.3 Å². The molecule has 0 saturated heterocycles. The number of nitrogens with zero attached hydrogens (tertiary/aromatic N) is 2. The molecule has 0 spiro atoms. The quantitative estimate of drug-likeness (QED) is 0.226. The summed E-state index contributed by atoms with van der Waals surface area (Å²) in [4.78, 5) is 28.6. The monoisotopic (exact) mass is 510 g/mol. The standard InChI is InChI=1S/C24H38N4O6S/c1-4-5-6-7-8-9-10-11-12-31-13-14-32-15-16-33-24(30)27-26-23(29)22-21(18(2)34-28-22)20-17-35-19(3)25-20/h17H,4-16H2,1-3H3,(H,26,29)(H,27,30). The van der Waals surface area contributed by atoms with Crippen molar-refractivity contribution in [2.24, 2.45) is 0 Å². The van der Waals surface area contributed by atoms with Crippen LogP contribution < -0.4 is 10.9 Å². The van der Waals surface area contributed by atoms with Gasteiger partial charge in [0.15, 0.2) is 5.69 Å².